The fraction of sp³-hybridized carbons (Fsp3) is 0.417. The van der Waals surface area contributed by atoms with Crippen molar-refractivity contribution in [3.63, 3.8) is 0 Å². The summed E-state index contributed by atoms with van der Waals surface area (Å²) in [6, 6.07) is 3.09. The van der Waals surface area contributed by atoms with Crippen molar-refractivity contribution in [2.75, 3.05) is 5.32 Å². The summed E-state index contributed by atoms with van der Waals surface area (Å²) in [6.07, 6.45) is 0. The van der Waals surface area contributed by atoms with Gasteiger partial charge in [-0.15, -0.1) is 0 Å². The third kappa shape index (κ3) is 4.18. The van der Waals surface area contributed by atoms with Crippen molar-refractivity contribution in [3.05, 3.63) is 24.0 Å². The minimum absolute atomic E-state index is 0.0680. The van der Waals surface area contributed by atoms with Gasteiger partial charge in [-0.2, -0.15) is 0 Å². The van der Waals surface area contributed by atoms with Crippen LogP contribution in [0.5, 0.6) is 0 Å². The Bertz CT molecular complexity index is 587. The SMILES string of the molecule is CC(C)C(C)C(=O)Nc1ccc(S(=O)(=O)Cl)cc1F. The Hall–Kier alpha value is -1.14. The van der Waals surface area contributed by atoms with E-state index >= 15 is 0 Å². The third-order valence-corrected chi connectivity index (χ3v) is 4.25. The molecule has 0 saturated heterocycles. The van der Waals surface area contributed by atoms with Crippen LogP contribution in [0.3, 0.4) is 0 Å². The average molecular weight is 308 g/mol. The number of hydrogen-bond acceptors (Lipinski definition) is 3. The summed E-state index contributed by atoms with van der Waals surface area (Å²) in [5.41, 5.74) is -0.0680. The molecule has 0 aliphatic heterocycles. The number of benzene rings is 1. The van der Waals surface area contributed by atoms with Gasteiger partial charge >= 0.3 is 0 Å². The van der Waals surface area contributed by atoms with Crippen LogP contribution in [-0.4, -0.2) is 14.3 Å². The van der Waals surface area contributed by atoms with Crippen LogP contribution in [0.1, 0.15) is 20.8 Å². The number of carbonyl (C=O) groups excluding carboxylic acids is 1. The van der Waals surface area contributed by atoms with Crippen LogP contribution < -0.4 is 5.32 Å². The van der Waals surface area contributed by atoms with Crippen LogP contribution in [0.15, 0.2) is 23.1 Å². The van der Waals surface area contributed by atoms with Crippen molar-refractivity contribution < 1.29 is 17.6 Å². The van der Waals surface area contributed by atoms with Crippen molar-refractivity contribution in [2.45, 2.75) is 25.7 Å². The predicted octanol–water partition coefficient (Wildman–Crippen LogP) is 2.98. The second-order valence-corrected chi connectivity index (χ2v) is 7.17. The number of anilines is 1. The molecule has 0 heterocycles. The summed E-state index contributed by atoms with van der Waals surface area (Å²) < 4.78 is 35.7. The van der Waals surface area contributed by atoms with Gasteiger partial charge in [0.25, 0.3) is 9.05 Å². The summed E-state index contributed by atoms with van der Waals surface area (Å²) >= 11 is 0. The first-order chi connectivity index (χ1) is 8.62. The molecule has 0 fully saturated rings. The molecule has 1 N–H and O–H groups in total. The van der Waals surface area contributed by atoms with Crippen LogP contribution in [0.4, 0.5) is 10.1 Å². The van der Waals surface area contributed by atoms with Gasteiger partial charge in [0.2, 0.25) is 5.91 Å². The van der Waals surface area contributed by atoms with Crippen LogP contribution in [0.25, 0.3) is 0 Å². The monoisotopic (exact) mass is 307 g/mol. The molecule has 0 aromatic heterocycles. The Morgan fingerprint density at radius 3 is 2.32 bits per heavy atom. The van der Waals surface area contributed by atoms with E-state index < -0.39 is 14.9 Å². The second kappa shape index (κ2) is 5.88. The van der Waals surface area contributed by atoms with Crippen molar-refractivity contribution >= 4 is 31.3 Å². The van der Waals surface area contributed by atoms with E-state index in [1.165, 1.54) is 6.07 Å². The summed E-state index contributed by atoms with van der Waals surface area (Å²) in [4.78, 5) is 11.4. The van der Waals surface area contributed by atoms with Crippen molar-refractivity contribution in [1.82, 2.24) is 0 Å². The highest BCUT2D eigenvalue weighted by atomic mass is 35.7. The molecule has 0 aliphatic carbocycles. The van der Waals surface area contributed by atoms with Crippen molar-refractivity contribution in [1.29, 1.82) is 0 Å². The van der Waals surface area contributed by atoms with E-state index in [9.17, 15) is 17.6 Å². The maximum absolute atomic E-state index is 13.7. The van der Waals surface area contributed by atoms with Crippen LogP contribution in [-0.2, 0) is 13.8 Å². The van der Waals surface area contributed by atoms with Gasteiger partial charge in [0.1, 0.15) is 5.82 Å². The minimum Gasteiger partial charge on any atom is -0.323 e. The zero-order chi connectivity index (χ0) is 14.8. The molecule has 1 aromatic rings. The minimum atomic E-state index is -3.98. The van der Waals surface area contributed by atoms with Crippen molar-refractivity contribution in [3.8, 4) is 0 Å². The molecule has 1 unspecified atom stereocenters. The lowest BCUT2D eigenvalue weighted by molar-refractivity contribution is -0.120. The lowest BCUT2D eigenvalue weighted by Gasteiger charge is -2.15. The molecule has 0 saturated carbocycles. The Labute approximate surface area is 116 Å². The standard InChI is InChI=1S/C12H15ClFNO3S/c1-7(2)8(3)12(16)15-11-5-4-9(6-10(11)14)19(13,17)18/h4-8H,1-3H3,(H,15,16). The molecule has 106 valence electrons. The van der Waals surface area contributed by atoms with Gasteiger partial charge in [0, 0.05) is 16.6 Å². The van der Waals surface area contributed by atoms with E-state index in [0.29, 0.717) is 0 Å². The number of hydrogen-bond donors (Lipinski definition) is 1. The van der Waals surface area contributed by atoms with E-state index in [1.807, 2.05) is 13.8 Å². The Balaban J connectivity index is 2.96. The second-order valence-electron chi connectivity index (χ2n) is 4.60. The van der Waals surface area contributed by atoms with Gasteiger partial charge < -0.3 is 5.32 Å². The molecule has 0 bridgehead atoms. The third-order valence-electron chi connectivity index (χ3n) is 2.89. The highest BCUT2D eigenvalue weighted by Crippen LogP contribution is 2.22. The molecular weight excluding hydrogens is 293 g/mol. The summed E-state index contributed by atoms with van der Waals surface area (Å²) in [5.74, 6) is -1.33. The van der Waals surface area contributed by atoms with Crippen LogP contribution in [0, 0.1) is 17.7 Å². The topological polar surface area (TPSA) is 63.2 Å². The molecule has 1 atom stereocenters. The number of carbonyl (C=O) groups is 1. The molecule has 0 aliphatic rings. The highest BCUT2D eigenvalue weighted by molar-refractivity contribution is 8.13. The maximum Gasteiger partial charge on any atom is 0.261 e. The smallest absolute Gasteiger partial charge is 0.261 e. The largest absolute Gasteiger partial charge is 0.323 e. The normalized spacial score (nSPS) is 13.4. The fourth-order valence-electron chi connectivity index (χ4n) is 1.30. The van der Waals surface area contributed by atoms with E-state index in [1.54, 1.807) is 6.92 Å². The number of halogens is 2. The summed E-state index contributed by atoms with van der Waals surface area (Å²) in [5, 5.41) is 2.42. The van der Waals surface area contributed by atoms with E-state index in [2.05, 4.69) is 5.32 Å². The Morgan fingerprint density at radius 1 is 1.32 bits per heavy atom. The molecular formula is C12H15ClFNO3S. The predicted molar refractivity (Wildman–Crippen MR) is 72.1 cm³/mol. The molecule has 1 aromatic carbocycles. The van der Waals surface area contributed by atoms with E-state index in [-0.39, 0.29) is 28.3 Å². The fourth-order valence-corrected chi connectivity index (χ4v) is 2.06. The number of rotatable bonds is 4. The zero-order valence-electron chi connectivity index (χ0n) is 10.8. The zero-order valence-corrected chi connectivity index (χ0v) is 12.3. The molecule has 0 spiro atoms. The van der Waals surface area contributed by atoms with Gasteiger partial charge in [-0.3, -0.25) is 4.79 Å². The molecule has 1 amide bonds. The Kier molecular flexibility index (Phi) is 4.92. The molecule has 4 nitrogen and oxygen atoms in total. The molecule has 7 heteroatoms. The van der Waals surface area contributed by atoms with E-state index in [0.717, 1.165) is 12.1 Å². The number of amides is 1. The summed E-state index contributed by atoms with van der Waals surface area (Å²) in [7, 11) is 1.12. The summed E-state index contributed by atoms with van der Waals surface area (Å²) in [6.45, 7) is 5.49. The highest BCUT2D eigenvalue weighted by Gasteiger charge is 2.19. The first-order valence-corrected chi connectivity index (χ1v) is 7.99. The average Bonchev–Trinajstić information content (AvgIpc) is 2.29. The van der Waals surface area contributed by atoms with Crippen LogP contribution in [0.2, 0.25) is 0 Å². The van der Waals surface area contributed by atoms with Gasteiger partial charge in [0.05, 0.1) is 10.6 Å². The van der Waals surface area contributed by atoms with Gasteiger partial charge in [-0.25, -0.2) is 12.8 Å². The van der Waals surface area contributed by atoms with Gasteiger partial charge in [-0.05, 0) is 24.1 Å². The first-order valence-electron chi connectivity index (χ1n) is 5.68. The molecule has 0 radical (unpaired) electrons. The lowest BCUT2D eigenvalue weighted by atomic mass is 9.97. The first kappa shape index (κ1) is 15.9. The van der Waals surface area contributed by atoms with Gasteiger partial charge in [-0.1, -0.05) is 20.8 Å². The lowest BCUT2D eigenvalue weighted by Crippen LogP contribution is -2.24. The maximum atomic E-state index is 13.7. The molecule has 19 heavy (non-hydrogen) atoms. The molecule has 1 rings (SSSR count). The van der Waals surface area contributed by atoms with Crippen LogP contribution >= 0.6 is 10.7 Å². The van der Waals surface area contributed by atoms with Gasteiger partial charge in [0.15, 0.2) is 0 Å². The van der Waals surface area contributed by atoms with E-state index in [4.69, 9.17) is 10.7 Å². The Morgan fingerprint density at radius 2 is 1.89 bits per heavy atom. The number of nitrogens with one attached hydrogen (secondary N) is 1. The quantitative estimate of drug-likeness (QED) is 0.870. The van der Waals surface area contributed by atoms with Crippen molar-refractivity contribution in [2.24, 2.45) is 11.8 Å².